The van der Waals surface area contributed by atoms with Gasteiger partial charge in [0.05, 0.1) is 30.6 Å². The summed E-state index contributed by atoms with van der Waals surface area (Å²) in [5.41, 5.74) is 6.74. The number of carbonyl (C=O) groups is 2. The van der Waals surface area contributed by atoms with Crippen LogP contribution in [0.25, 0.3) is 11.4 Å². The van der Waals surface area contributed by atoms with Gasteiger partial charge in [-0.3, -0.25) is 14.3 Å². The van der Waals surface area contributed by atoms with Gasteiger partial charge in [0.2, 0.25) is 17.6 Å². The molecule has 1 fully saturated rings. The molecule has 2 heterocycles. The third-order valence-electron chi connectivity index (χ3n) is 4.97. The second-order valence-electron chi connectivity index (χ2n) is 8.13. The van der Waals surface area contributed by atoms with Crippen LogP contribution < -0.4 is 25.8 Å². The van der Waals surface area contributed by atoms with Crippen LogP contribution in [0, 0.1) is 5.92 Å². The summed E-state index contributed by atoms with van der Waals surface area (Å²) < 4.78 is 14.2. The van der Waals surface area contributed by atoms with Crippen LogP contribution in [-0.2, 0) is 11.3 Å². The molecule has 0 spiro atoms. The zero-order chi connectivity index (χ0) is 24.9. The van der Waals surface area contributed by atoms with Crippen LogP contribution in [0.3, 0.4) is 0 Å². The minimum absolute atomic E-state index is 0.0141. The van der Waals surface area contributed by atoms with E-state index < -0.39 is 5.91 Å². The van der Waals surface area contributed by atoms with Crippen LogP contribution in [0.1, 0.15) is 43.1 Å². The standard InChI is InChI=1S/C22H26N8O4S/c1-11(2)35-24-10-17-27-21(30-34-17)13-5-4-6-14(19(13)33-3)25-15-9-16(26-22(32)12-7-8-12)28-29-18(15)20(23)31/h4-6,9,11-12,24H,7-8,10H2,1-3H3,(H2,23,31)(H2,25,26,28,32). The minimum atomic E-state index is -0.773. The van der Waals surface area contributed by atoms with Crippen LogP contribution in [0.2, 0.25) is 0 Å². The summed E-state index contributed by atoms with van der Waals surface area (Å²) in [7, 11) is 1.51. The van der Waals surface area contributed by atoms with Gasteiger partial charge in [-0.1, -0.05) is 37.0 Å². The normalized spacial score (nSPS) is 13.0. The van der Waals surface area contributed by atoms with Crippen molar-refractivity contribution in [2.24, 2.45) is 11.7 Å². The van der Waals surface area contributed by atoms with Crippen molar-refractivity contribution in [3.05, 3.63) is 35.9 Å². The van der Waals surface area contributed by atoms with Crippen molar-refractivity contribution >= 4 is 41.0 Å². The number of para-hydroxylation sites is 1. The van der Waals surface area contributed by atoms with E-state index in [1.54, 1.807) is 30.1 Å². The molecule has 0 aliphatic heterocycles. The highest BCUT2D eigenvalue weighted by Gasteiger charge is 2.30. The van der Waals surface area contributed by atoms with Crippen LogP contribution in [-0.4, -0.2) is 44.5 Å². The van der Waals surface area contributed by atoms with Crippen molar-refractivity contribution in [2.45, 2.75) is 38.5 Å². The average molecular weight is 499 g/mol. The summed E-state index contributed by atoms with van der Waals surface area (Å²) in [5, 5.41) is 18.1. The molecule has 13 heteroatoms. The molecule has 3 aromatic rings. The molecule has 12 nitrogen and oxygen atoms in total. The number of hydrogen-bond donors (Lipinski definition) is 4. The van der Waals surface area contributed by atoms with Gasteiger partial charge >= 0.3 is 0 Å². The van der Waals surface area contributed by atoms with E-state index in [-0.39, 0.29) is 29.0 Å². The Hall–Kier alpha value is -3.71. The largest absolute Gasteiger partial charge is 0.494 e. The van der Waals surface area contributed by atoms with Crippen molar-refractivity contribution < 1.29 is 18.8 Å². The minimum Gasteiger partial charge on any atom is -0.494 e. The topological polar surface area (TPSA) is 170 Å². The number of anilines is 3. The molecule has 5 N–H and O–H groups in total. The third kappa shape index (κ3) is 6.05. The lowest BCUT2D eigenvalue weighted by Crippen LogP contribution is -2.19. The van der Waals surface area contributed by atoms with Gasteiger partial charge in [-0.05, 0) is 25.0 Å². The van der Waals surface area contributed by atoms with Gasteiger partial charge in [-0.2, -0.15) is 4.98 Å². The number of rotatable bonds is 11. The van der Waals surface area contributed by atoms with E-state index in [1.807, 2.05) is 0 Å². The van der Waals surface area contributed by atoms with E-state index >= 15 is 0 Å². The Balaban J connectivity index is 1.60. The SMILES string of the molecule is COc1c(Nc2cc(NC(=O)C3CC3)nnc2C(N)=O)cccc1-c1noc(CNSC(C)C)n1. The fourth-order valence-electron chi connectivity index (χ4n) is 3.19. The Labute approximate surface area is 205 Å². The summed E-state index contributed by atoms with van der Waals surface area (Å²) in [6.07, 6.45) is 1.69. The van der Waals surface area contributed by atoms with E-state index in [2.05, 4.69) is 49.5 Å². The fourth-order valence-corrected chi connectivity index (χ4v) is 3.73. The lowest BCUT2D eigenvalue weighted by atomic mass is 10.1. The molecule has 2 amide bonds. The lowest BCUT2D eigenvalue weighted by molar-refractivity contribution is -0.117. The first kappa shape index (κ1) is 24.4. The maximum absolute atomic E-state index is 12.1. The van der Waals surface area contributed by atoms with E-state index in [4.69, 9.17) is 15.0 Å². The van der Waals surface area contributed by atoms with Crippen molar-refractivity contribution in [1.29, 1.82) is 0 Å². The number of carbonyl (C=O) groups excluding carboxylic acids is 2. The van der Waals surface area contributed by atoms with Gasteiger partial charge in [0.1, 0.15) is 0 Å². The van der Waals surface area contributed by atoms with Crippen molar-refractivity contribution in [1.82, 2.24) is 25.1 Å². The number of methoxy groups -OCH3 is 1. The zero-order valence-electron chi connectivity index (χ0n) is 19.5. The van der Waals surface area contributed by atoms with E-state index in [9.17, 15) is 9.59 Å². The third-order valence-corrected chi connectivity index (χ3v) is 5.75. The second kappa shape index (κ2) is 10.7. The average Bonchev–Trinajstić information content (AvgIpc) is 3.57. The summed E-state index contributed by atoms with van der Waals surface area (Å²) in [4.78, 5) is 28.5. The number of ether oxygens (including phenoxy) is 1. The molecule has 0 saturated heterocycles. The van der Waals surface area contributed by atoms with E-state index in [1.165, 1.54) is 13.2 Å². The van der Waals surface area contributed by atoms with Gasteiger partial charge in [-0.15, -0.1) is 10.2 Å². The Morgan fingerprint density at radius 1 is 1.26 bits per heavy atom. The molecule has 2 aromatic heterocycles. The van der Waals surface area contributed by atoms with Crippen molar-refractivity contribution in [3.63, 3.8) is 0 Å². The van der Waals surface area contributed by atoms with E-state index in [0.29, 0.717) is 40.5 Å². The number of nitrogens with zero attached hydrogens (tertiary/aromatic N) is 4. The summed E-state index contributed by atoms with van der Waals surface area (Å²) in [5.74, 6) is 0.478. The number of aromatic nitrogens is 4. The Kier molecular flexibility index (Phi) is 7.46. The molecule has 184 valence electrons. The first-order chi connectivity index (χ1) is 16.9. The van der Waals surface area contributed by atoms with Gasteiger partial charge < -0.3 is 25.6 Å². The maximum atomic E-state index is 12.1. The number of hydrogen-bond acceptors (Lipinski definition) is 11. The van der Waals surface area contributed by atoms with Gasteiger partial charge in [0, 0.05) is 17.2 Å². The smallest absolute Gasteiger partial charge is 0.271 e. The van der Waals surface area contributed by atoms with Crippen LogP contribution >= 0.6 is 11.9 Å². The molecule has 1 aliphatic rings. The van der Waals surface area contributed by atoms with Crippen molar-refractivity contribution in [2.75, 3.05) is 17.7 Å². The number of benzene rings is 1. The van der Waals surface area contributed by atoms with Gasteiger partial charge in [-0.25, -0.2) is 0 Å². The molecule has 0 radical (unpaired) electrons. The first-order valence-electron chi connectivity index (χ1n) is 11.0. The molecule has 1 aromatic carbocycles. The number of nitrogens with one attached hydrogen (secondary N) is 3. The highest BCUT2D eigenvalue weighted by molar-refractivity contribution is 7.97. The number of nitrogens with two attached hydrogens (primary N) is 1. The molecule has 1 saturated carbocycles. The quantitative estimate of drug-likeness (QED) is 0.287. The monoisotopic (exact) mass is 498 g/mol. The van der Waals surface area contributed by atoms with Crippen LogP contribution in [0.4, 0.5) is 17.2 Å². The fraction of sp³-hybridized carbons (Fsp3) is 0.364. The Morgan fingerprint density at radius 2 is 2.06 bits per heavy atom. The summed E-state index contributed by atoms with van der Waals surface area (Å²) in [6.45, 7) is 4.56. The predicted molar refractivity (Wildman–Crippen MR) is 131 cm³/mol. The summed E-state index contributed by atoms with van der Waals surface area (Å²) in [6, 6.07) is 6.81. The lowest BCUT2D eigenvalue weighted by Gasteiger charge is -2.15. The number of primary amides is 1. The Bertz CT molecular complexity index is 1230. The highest BCUT2D eigenvalue weighted by atomic mass is 32.2. The molecule has 0 unspecified atom stereocenters. The highest BCUT2D eigenvalue weighted by Crippen LogP contribution is 2.37. The second-order valence-corrected chi connectivity index (χ2v) is 9.60. The van der Waals surface area contributed by atoms with E-state index in [0.717, 1.165) is 12.8 Å². The zero-order valence-corrected chi connectivity index (χ0v) is 20.3. The molecule has 4 rings (SSSR count). The van der Waals surface area contributed by atoms with Gasteiger partial charge in [0.25, 0.3) is 5.91 Å². The van der Waals surface area contributed by atoms with Crippen LogP contribution in [0.15, 0.2) is 28.8 Å². The molecule has 35 heavy (non-hydrogen) atoms. The van der Waals surface area contributed by atoms with Crippen LogP contribution in [0.5, 0.6) is 5.75 Å². The summed E-state index contributed by atoms with van der Waals surface area (Å²) >= 11 is 1.57. The first-order valence-corrected chi connectivity index (χ1v) is 11.9. The number of amides is 2. The van der Waals surface area contributed by atoms with Gasteiger partial charge in [0.15, 0.2) is 17.3 Å². The molecule has 0 atom stereocenters. The maximum Gasteiger partial charge on any atom is 0.271 e. The molecular formula is C22H26N8O4S. The Morgan fingerprint density at radius 3 is 2.74 bits per heavy atom. The predicted octanol–water partition coefficient (Wildman–Crippen LogP) is 2.87. The molecule has 0 bridgehead atoms. The van der Waals surface area contributed by atoms with Crippen molar-refractivity contribution in [3.8, 4) is 17.1 Å². The molecular weight excluding hydrogens is 472 g/mol. The molecule has 1 aliphatic carbocycles.